The van der Waals surface area contributed by atoms with Crippen LogP contribution in [0.4, 0.5) is 0 Å². The third-order valence-corrected chi connectivity index (χ3v) is 6.67. The van der Waals surface area contributed by atoms with Crippen LogP contribution in [0.25, 0.3) is 17.1 Å². The number of ether oxygens (including phenoxy) is 1. The van der Waals surface area contributed by atoms with Crippen LogP contribution in [0.15, 0.2) is 83.1 Å². The number of hydrazone groups is 1. The third-order valence-electron chi connectivity index (χ3n) is 5.73. The normalized spacial score (nSPS) is 11.6. The van der Waals surface area contributed by atoms with Gasteiger partial charge in [0.25, 0.3) is 11.7 Å². The minimum atomic E-state index is -0.270. The number of aromatic nitrogens is 3. The summed E-state index contributed by atoms with van der Waals surface area (Å²) in [5, 5.41) is 22.2. The zero-order valence-corrected chi connectivity index (χ0v) is 22.7. The molecular formula is C29H32N5O3S+. The summed E-state index contributed by atoms with van der Waals surface area (Å²) in [6.07, 6.45) is 1.50. The summed E-state index contributed by atoms with van der Waals surface area (Å²) in [6, 6.07) is 23.2. The average molecular weight is 531 g/mol. The Morgan fingerprint density at radius 3 is 2.55 bits per heavy atom. The van der Waals surface area contributed by atoms with Crippen LogP contribution >= 0.6 is 11.8 Å². The number of carbonyl (C=O) groups is 1. The van der Waals surface area contributed by atoms with Gasteiger partial charge in [0.15, 0.2) is 11.5 Å². The molecule has 0 aliphatic carbocycles. The standard InChI is InChI=1S/C29H31N5O3S/c1-5-37-25-17-20(11-16-24(25)35)18-30-31-26(36)19-38-28-33-32-27(34(28)23-9-7-6-8-10-23)21-12-14-22(15-13-21)29(2,3)4/h6-18H,5,19H2,1-4H3,(H2,30,31,35,36)/p+1. The Kier molecular flexibility index (Phi) is 8.48. The van der Waals surface area contributed by atoms with E-state index in [1.165, 1.54) is 29.6 Å². The fourth-order valence-corrected chi connectivity index (χ4v) is 4.52. The molecular weight excluding hydrogens is 498 g/mol. The number of H-pyrrole nitrogens is 1. The molecule has 196 valence electrons. The smallest absolute Gasteiger partial charge is 0.342 e. The lowest BCUT2D eigenvalue weighted by Crippen LogP contribution is -2.34. The summed E-state index contributed by atoms with van der Waals surface area (Å²) in [6.45, 7) is 8.84. The second-order valence-electron chi connectivity index (χ2n) is 9.60. The predicted molar refractivity (Wildman–Crippen MR) is 150 cm³/mol. The highest BCUT2D eigenvalue weighted by molar-refractivity contribution is 7.99. The van der Waals surface area contributed by atoms with Crippen molar-refractivity contribution in [2.24, 2.45) is 5.10 Å². The highest BCUT2D eigenvalue weighted by Gasteiger charge is 2.25. The van der Waals surface area contributed by atoms with Crippen molar-refractivity contribution in [3.05, 3.63) is 83.9 Å². The van der Waals surface area contributed by atoms with Crippen molar-refractivity contribution in [2.75, 3.05) is 12.4 Å². The van der Waals surface area contributed by atoms with Crippen molar-refractivity contribution >= 4 is 23.9 Å². The molecule has 0 saturated carbocycles. The molecule has 38 heavy (non-hydrogen) atoms. The van der Waals surface area contributed by atoms with Crippen LogP contribution in [-0.4, -0.2) is 39.8 Å². The van der Waals surface area contributed by atoms with E-state index in [1.807, 2.05) is 41.8 Å². The number of rotatable bonds is 9. The van der Waals surface area contributed by atoms with E-state index in [2.05, 4.69) is 65.8 Å². The maximum Gasteiger partial charge on any atom is 0.342 e. The van der Waals surface area contributed by atoms with Crippen LogP contribution in [-0.2, 0) is 10.2 Å². The number of hydrogen-bond donors (Lipinski definition) is 3. The van der Waals surface area contributed by atoms with Crippen LogP contribution in [0, 0.1) is 0 Å². The van der Waals surface area contributed by atoms with E-state index < -0.39 is 0 Å². The van der Waals surface area contributed by atoms with Crippen molar-refractivity contribution in [1.29, 1.82) is 0 Å². The van der Waals surface area contributed by atoms with E-state index in [9.17, 15) is 9.90 Å². The minimum Gasteiger partial charge on any atom is -0.504 e. The lowest BCUT2D eigenvalue weighted by molar-refractivity contribution is -0.625. The number of nitrogens with zero attached hydrogens (tertiary/aromatic N) is 3. The largest absolute Gasteiger partial charge is 0.504 e. The number of thioether (sulfide) groups is 1. The zero-order chi connectivity index (χ0) is 27.1. The Morgan fingerprint density at radius 2 is 1.87 bits per heavy atom. The van der Waals surface area contributed by atoms with Gasteiger partial charge in [-0.05, 0) is 77.7 Å². The van der Waals surface area contributed by atoms with Gasteiger partial charge in [-0.1, -0.05) is 51.1 Å². The van der Waals surface area contributed by atoms with Crippen molar-refractivity contribution < 1.29 is 19.2 Å². The number of aromatic hydroxyl groups is 1. The van der Waals surface area contributed by atoms with Gasteiger partial charge in [0.1, 0.15) is 5.69 Å². The molecule has 1 amide bonds. The molecule has 0 bridgehead atoms. The Bertz CT molecular complexity index is 1410. The molecule has 3 aromatic carbocycles. The first-order chi connectivity index (χ1) is 18.3. The minimum absolute atomic E-state index is 0.0553. The molecule has 4 aromatic rings. The molecule has 0 unspecified atom stereocenters. The Balaban J connectivity index is 1.48. The maximum atomic E-state index is 12.5. The van der Waals surface area contributed by atoms with Crippen LogP contribution < -0.4 is 14.7 Å². The van der Waals surface area contributed by atoms with Gasteiger partial charge in [0.2, 0.25) is 0 Å². The molecule has 1 aromatic heterocycles. The molecule has 0 aliphatic heterocycles. The van der Waals surface area contributed by atoms with Gasteiger partial charge in [-0.2, -0.15) is 9.67 Å². The number of aromatic amines is 1. The first-order valence-electron chi connectivity index (χ1n) is 12.3. The summed E-state index contributed by atoms with van der Waals surface area (Å²) in [7, 11) is 0. The molecule has 9 heteroatoms. The van der Waals surface area contributed by atoms with Crippen LogP contribution in [0.5, 0.6) is 11.5 Å². The van der Waals surface area contributed by atoms with Crippen LogP contribution in [0.2, 0.25) is 0 Å². The molecule has 0 fully saturated rings. The van der Waals surface area contributed by atoms with Gasteiger partial charge in [0.05, 0.1) is 29.2 Å². The van der Waals surface area contributed by atoms with Gasteiger partial charge in [-0.3, -0.25) is 4.79 Å². The summed E-state index contributed by atoms with van der Waals surface area (Å²) in [5.41, 5.74) is 6.48. The van der Waals surface area contributed by atoms with E-state index in [-0.39, 0.29) is 22.8 Å². The van der Waals surface area contributed by atoms with E-state index in [4.69, 9.17) is 4.74 Å². The number of phenols is 1. The van der Waals surface area contributed by atoms with Crippen molar-refractivity contribution in [3.63, 3.8) is 0 Å². The quantitative estimate of drug-likeness (QED) is 0.122. The van der Waals surface area contributed by atoms with Gasteiger partial charge in [0, 0.05) is 0 Å². The Morgan fingerprint density at radius 1 is 1.13 bits per heavy atom. The molecule has 8 nitrogen and oxygen atoms in total. The highest BCUT2D eigenvalue weighted by atomic mass is 32.2. The van der Waals surface area contributed by atoms with E-state index in [0.29, 0.717) is 23.1 Å². The maximum absolute atomic E-state index is 12.5. The van der Waals surface area contributed by atoms with Crippen molar-refractivity contribution in [3.8, 4) is 28.6 Å². The zero-order valence-electron chi connectivity index (χ0n) is 21.9. The summed E-state index contributed by atoms with van der Waals surface area (Å²) >= 11 is 1.31. The first-order valence-corrected chi connectivity index (χ1v) is 13.3. The summed E-state index contributed by atoms with van der Waals surface area (Å²) < 4.78 is 7.39. The monoisotopic (exact) mass is 530 g/mol. The highest BCUT2D eigenvalue weighted by Crippen LogP contribution is 2.27. The molecule has 0 aliphatic rings. The second-order valence-corrected chi connectivity index (χ2v) is 10.5. The van der Waals surface area contributed by atoms with Gasteiger partial charge < -0.3 is 9.84 Å². The SMILES string of the molecule is CCOc1cc(/C=N/NC(=O)CSc2n[nH]c(-c3ccc(C(C)(C)C)cc3)[n+]2-c2ccccc2)ccc1O. The van der Waals surface area contributed by atoms with Gasteiger partial charge in [-0.25, -0.2) is 5.43 Å². The molecule has 0 saturated heterocycles. The number of hydrogen-bond acceptors (Lipinski definition) is 6. The topological polar surface area (TPSA) is 103 Å². The van der Waals surface area contributed by atoms with Gasteiger partial charge in [-0.15, -0.1) is 5.10 Å². The molecule has 3 N–H and O–H groups in total. The predicted octanol–water partition coefficient (Wildman–Crippen LogP) is 5.00. The third kappa shape index (κ3) is 6.60. The fraction of sp³-hybridized carbons (Fsp3) is 0.241. The Hall–Kier alpha value is -4.11. The summed E-state index contributed by atoms with van der Waals surface area (Å²) in [5.74, 6) is 1.10. The first kappa shape index (κ1) is 26.9. The van der Waals surface area contributed by atoms with E-state index in [0.717, 1.165) is 17.1 Å². The van der Waals surface area contributed by atoms with E-state index in [1.54, 1.807) is 12.1 Å². The lowest BCUT2D eigenvalue weighted by atomic mass is 9.87. The molecule has 0 radical (unpaired) electrons. The molecule has 0 spiro atoms. The lowest BCUT2D eigenvalue weighted by Gasteiger charge is -2.18. The number of carbonyl (C=O) groups excluding carboxylic acids is 1. The van der Waals surface area contributed by atoms with Crippen molar-refractivity contribution in [1.82, 2.24) is 15.6 Å². The number of nitrogens with one attached hydrogen (secondary N) is 2. The number of phenolic OH excluding ortho intramolecular Hbond substituents is 1. The molecule has 0 atom stereocenters. The number of benzene rings is 3. The summed E-state index contributed by atoms with van der Waals surface area (Å²) in [4.78, 5) is 12.5. The number of amides is 1. The fourth-order valence-electron chi connectivity index (χ4n) is 3.75. The van der Waals surface area contributed by atoms with Crippen LogP contribution in [0.1, 0.15) is 38.8 Å². The van der Waals surface area contributed by atoms with Crippen LogP contribution in [0.3, 0.4) is 0 Å². The number of para-hydroxylation sites is 1. The second kappa shape index (κ2) is 12.0. The van der Waals surface area contributed by atoms with E-state index >= 15 is 0 Å². The molecule has 4 rings (SSSR count). The Labute approximate surface area is 226 Å². The molecule has 1 heterocycles. The van der Waals surface area contributed by atoms with Crippen molar-refractivity contribution in [2.45, 2.75) is 38.3 Å². The average Bonchev–Trinajstić information content (AvgIpc) is 3.33. The van der Waals surface area contributed by atoms with Gasteiger partial charge >= 0.3 is 5.16 Å².